The third-order valence-electron chi connectivity index (χ3n) is 8.79. The van der Waals surface area contributed by atoms with Crippen LogP contribution < -0.4 is 25.7 Å². The van der Waals surface area contributed by atoms with E-state index in [2.05, 4.69) is 20.7 Å². The number of rotatable bonds is 2. The summed E-state index contributed by atoms with van der Waals surface area (Å²) in [6.45, 7) is 2.26. The van der Waals surface area contributed by atoms with Crippen LogP contribution in [0.15, 0.2) is 96.1 Å². The summed E-state index contributed by atoms with van der Waals surface area (Å²) in [5, 5.41) is 11.6. The summed E-state index contributed by atoms with van der Waals surface area (Å²) in [6, 6.07) is 22.9. The Bertz CT molecular complexity index is 2110. The van der Waals surface area contributed by atoms with Crippen molar-refractivity contribution in [3.05, 3.63) is 118 Å². The average molecular weight is 659 g/mol. The molecule has 2 N–H and O–H groups in total. The minimum Gasteiger partial charge on any atom is -0.488 e. The molecule has 3 aliphatic rings. The Morgan fingerprint density at radius 2 is 1.69 bits per heavy atom. The summed E-state index contributed by atoms with van der Waals surface area (Å²) >= 11 is 0. The van der Waals surface area contributed by atoms with E-state index in [1.807, 2.05) is 49.4 Å². The number of aromatic nitrogens is 3. The zero-order chi connectivity index (χ0) is 33.9. The largest absolute Gasteiger partial charge is 0.488 e. The molecule has 0 aliphatic carbocycles. The second-order valence-corrected chi connectivity index (χ2v) is 12.2. The molecule has 12 heteroatoms. The number of nitrogens with one attached hydrogen (secondary N) is 2. The van der Waals surface area contributed by atoms with E-state index in [1.165, 1.54) is 10.9 Å². The van der Waals surface area contributed by atoms with Crippen LogP contribution in [0.5, 0.6) is 11.5 Å². The third kappa shape index (κ3) is 6.98. The maximum absolute atomic E-state index is 13.7. The molecular formula is C37H34N6O6. The van der Waals surface area contributed by atoms with E-state index in [4.69, 9.17) is 9.47 Å². The van der Waals surface area contributed by atoms with Crippen LogP contribution in [0.4, 0.5) is 0 Å². The normalized spacial score (nSPS) is 18.0. The average Bonchev–Trinajstić information content (AvgIpc) is 3.13. The predicted molar refractivity (Wildman–Crippen MR) is 181 cm³/mol. The van der Waals surface area contributed by atoms with Gasteiger partial charge in [0.1, 0.15) is 24.1 Å². The maximum Gasteiger partial charge on any atom is 0.275 e. The van der Waals surface area contributed by atoms with Crippen molar-refractivity contribution < 1.29 is 23.9 Å². The molecule has 248 valence electrons. The fraction of sp³-hybridized carbons (Fsp3) is 0.243. The van der Waals surface area contributed by atoms with Crippen molar-refractivity contribution in [1.29, 1.82) is 0 Å². The molecule has 3 amide bonds. The van der Waals surface area contributed by atoms with Gasteiger partial charge in [-0.1, -0.05) is 42.5 Å². The molecule has 6 bridgehead atoms. The fourth-order valence-corrected chi connectivity index (χ4v) is 6.18. The summed E-state index contributed by atoms with van der Waals surface area (Å²) in [5.74, 6) is 0.159. The van der Waals surface area contributed by atoms with E-state index in [0.29, 0.717) is 53.2 Å². The van der Waals surface area contributed by atoms with E-state index in [9.17, 15) is 19.2 Å². The van der Waals surface area contributed by atoms with Gasteiger partial charge >= 0.3 is 0 Å². The summed E-state index contributed by atoms with van der Waals surface area (Å²) in [7, 11) is 0. The second kappa shape index (κ2) is 13.6. The van der Waals surface area contributed by atoms with E-state index < -0.39 is 12.1 Å². The monoisotopic (exact) mass is 658 g/mol. The summed E-state index contributed by atoms with van der Waals surface area (Å²) in [4.78, 5) is 59.0. The van der Waals surface area contributed by atoms with Crippen molar-refractivity contribution in [3.63, 3.8) is 0 Å². The molecule has 12 nitrogen and oxygen atoms in total. The van der Waals surface area contributed by atoms with Crippen LogP contribution in [0.25, 0.3) is 21.9 Å². The highest BCUT2D eigenvalue weighted by Crippen LogP contribution is 2.25. The van der Waals surface area contributed by atoms with Crippen LogP contribution >= 0.6 is 0 Å². The number of benzene rings is 3. The molecule has 2 aromatic heterocycles. The topological polar surface area (TPSA) is 145 Å². The Labute approximate surface area is 281 Å². The van der Waals surface area contributed by atoms with Crippen LogP contribution in [-0.4, -0.2) is 69.2 Å². The Morgan fingerprint density at radius 3 is 2.53 bits per heavy atom. The lowest BCUT2D eigenvalue weighted by molar-refractivity contribution is -0.134. The molecule has 0 unspecified atom stereocenters. The van der Waals surface area contributed by atoms with Gasteiger partial charge in [-0.25, -0.2) is 4.68 Å². The van der Waals surface area contributed by atoms with Gasteiger partial charge in [-0.15, -0.1) is 0 Å². The number of nitrogens with zero attached hydrogens (tertiary/aromatic N) is 4. The zero-order valence-corrected chi connectivity index (χ0v) is 26.8. The molecule has 5 aromatic rings. The van der Waals surface area contributed by atoms with Crippen LogP contribution in [0, 0.1) is 6.92 Å². The summed E-state index contributed by atoms with van der Waals surface area (Å²) in [6.07, 6.45) is 3.10. The Morgan fingerprint density at radius 1 is 0.898 bits per heavy atom. The number of ether oxygens (including phenoxy) is 2. The van der Waals surface area contributed by atoms with Gasteiger partial charge in [-0.2, -0.15) is 5.10 Å². The van der Waals surface area contributed by atoms with Crippen LogP contribution in [0.1, 0.15) is 28.0 Å². The van der Waals surface area contributed by atoms with Gasteiger partial charge in [0.15, 0.2) is 6.61 Å². The standard InChI is InChI=1S/C37H34N6O6/c1-23-30-7-2-3-8-31(30)37(47)43(41-23)21-35(45)42-14-13-33-32(20-42)40-36(46)27-15-26(18-38-19-27)25-5-4-6-29(16-25)48-22-34(44)39-17-24-9-11-28(49-33)12-10-24/h2-12,15-16,18-19,32-33H,13-14,17,20-22H2,1H3,(H,39,44)(H,40,46)/t32-,33+/m1/s1. The summed E-state index contributed by atoms with van der Waals surface area (Å²) in [5.41, 5.74) is 2.97. The van der Waals surface area contributed by atoms with Crippen LogP contribution in [0.2, 0.25) is 0 Å². The number of fused-ring (bicyclic) bond motifs is 8. The first-order valence-corrected chi connectivity index (χ1v) is 16.1. The van der Waals surface area contributed by atoms with Crippen molar-refractivity contribution >= 4 is 28.5 Å². The fourth-order valence-electron chi connectivity index (χ4n) is 6.18. The number of piperidine rings is 1. The van der Waals surface area contributed by atoms with Crippen molar-refractivity contribution in [2.45, 2.75) is 38.6 Å². The number of pyridine rings is 1. The van der Waals surface area contributed by atoms with Gasteiger partial charge in [0.2, 0.25) is 5.91 Å². The summed E-state index contributed by atoms with van der Waals surface area (Å²) < 4.78 is 13.3. The lowest BCUT2D eigenvalue weighted by Gasteiger charge is -2.39. The third-order valence-corrected chi connectivity index (χ3v) is 8.79. The Balaban J connectivity index is 1.17. The molecule has 0 radical (unpaired) electrons. The zero-order valence-electron chi connectivity index (χ0n) is 26.8. The molecule has 3 aromatic carbocycles. The van der Waals surface area contributed by atoms with Crippen molar-refractivity contribution in [2.24, 2.45) is 0 Å². The number of hydrogen-bond acceptors (Lipinski definition) is 8. The molecule has 1 saturated heterocycles. The van der Waals surface area contributed by atoms with Gasteiger partial charge < -0.3 is 25.0 Å². The number of likely N-dealkylation sites (tertiary alicyclic amines) is 1. The molecular weight excluding hydrogens is 624 g/mol. The first-order valence-electron chi connectivity index (χ1n) is 16.1. The molecule has 1 fully saturated rings. The number of aryl methyl sites for hydroxylation is 1. The molecule has 2 atom stereocenters. The Hall–Kier alpha value is -6.04. The van der Waals surface area contributed by atoms with Gasteiger partial charge in [-0.3, -0.25) is 24.2 Å². The highest BCUT2D eigenvalue weighted by molar-refractivity contribution is 5.95. The molecule has 0 saturated carbocycles. The number of hydrogen-bond donors (Lipinski definition) is 2. The lowest BCUT2D eigenvalue weighted by atomic mass is 10.0. The molecule has 3 aliphatic heterocycles. The number of amides is 3. The molecule has 0 spiro atoms. The van der Waals surface area contributed by atoms with Crippen LogP contribution in [0.3, 0.4) is 0 Å². The van der Waals surface area contributed by atoms with Gasteiger partial charge in [0.25, 0.3) is 17.4 Å². The minimum absolute atomic E-state index is 0.150. The second-order valence-electron chi connectivity index (χ2n) is 12.2. The maximum atomic E-state index is 13.7. The molecule has 8 rings (SSSR count). The van der Waals surface area contributed by atoms with E-state index in [0.717, 1.165) is 16.5 Å². The highest BCUT2D eigenvalue weighted by atomic mass is 16.5. The van der Waals surface area contributed by atoms with E-state index >= 15 is 0 Å². The molecule has 5 heterocycles. The first kappa shape index (κ1) is 31.6. The SMILES string of the molecule is Cc1nn(CC(=O)N2CC[C@@H]3Oc4ccc(cc4)CNC(=O)COc4cccc(c4)-c4cncc(c4)C(=O)N[C@@H]3C2)c(=O)c2ccccc12. The van der Waals surface area contributed by atoms with Crippen molar-refractivity contribution in [1.82, 2.24) is 30.3 Å². The van der Waals surface area contributed by atoms with Gasteiger partial charge in [0, 0.05) is 49.4 Å². The smallest absolute Gasteiger partial charge is 0.275 e. The predicted octanol–water partition coefficient (Wildman–Crippen LogP) is 3.25. The minimum atomic E-state index is -0.585. The number of carbonyl (C=O) groups excluding carboxylic acids is 3. The highest BCUT2D eigenvalue weighted by Gasteiger charge is 2.35. The van der Waals surface area contributed by atoms with E-state index in [1.54, 1.807) is 47.5 Å². The quantitative estimate of drug-likeness (QED) is 0.294. The van der Waals surface area contributed by atoms with E-state index in [-0.39, 0.29) is 43.0 Å². The van der Waals surface area contributed by atoms with Gasteiger partial charge in [0.05, 0.1) is 22.7 Å². The first-order chi connectivity index (χ1) is 23.8. The van der Waals surface area contributed by atoms with Crippen molar-refractivity contribution in [3.8, 4) is 22.6 Å². The van der Waals surface area contributed by atoms with Crippen molar-refractivity contribution in [2.75, 3.05) is 19.7 Å². The molecule has 49 heavy (non-hydrogen) atoms. The van der Waals surface area contributed by atoms with Gasteiger partial charge in [-0.05, 0) is 54.4 Å². The lowest BCUT2D eigenvalue weighted by Crippen LogP contribution is -2.58. The Kier molecular flexibility index (Phi) is 8.75. The number of carbonyl (C=O) groups is 3. The van der Waals surface area contributed by atoms with Crippen LogP contribution in [-0.2, 0) is 22.7 Å².